The van der Waals surface area contributed by atoms with Gasteiger partial charge in [0.2, 0.25) is 0 Å². The Balaban J connectivity index is 1.41. The van der Waals surface area contributed by atoms with E-state index in [1.165, 1.54) is 93.2 Å². The molecule has 0 bridgehead atoms. The third-order valence-corrected chi connectivity index (χ3v) is 10.3. The van der Waals surface area contributed by atoms with Crippen LogP contribution in [0.4, 0.5) is 0 Å². The zero-order valence-electron chi connectivity index (χ0n) is 25.6. The molecule has 0 atom stereocenters. The van der Waals surface area contributed by atoms with Crippen molar-refractivity contribution >= 4 is 55.2 Å². The van der Waals surface area contributed by atoms with Crippen molar-refractivity contribution in [2.75, 3.05) is 0 Å². The summed E-state index contributed by atoms with van der Waals surface area (Å²) in [7, 11) is 0. The Bertz CT molecular complexity index is 2520. The molecule has 0 heteroatoms. The fraction of sp³-hybridized carbons (Fsp3) is 0.0667. The summed E-state index contributed by atoms with van der Waals surface area (Å²) in [4.78, 5) is 0. The normalized spacial score (nSPS) is 13.5. The Hall–Kier alpha value is -5.46. The average molecular weight is 573 g/mol. The molecular formula is C45H32. The highest BCUT2D eigenvalue weighted by Gasteiger charge is 2.39. The molecule has 0 heterocycles. The highest BCUT2D eigenvalue weighted by atomic mass is 14.4. The molecule has 0 N–H and O–H groups in total. The fourth-order valence-corrected chi connectivity index (χ4v) is 8.24. The highest BCUT2D eigenvalue weighted by molar-refractivity contribution is 6.31. The van der Waals surface area contributed by atoms with E-state index >= 15 is 0 Å². The van der Waals surface area contributed by atoms with Gasteiger partial charge in [0.25, 0.3) is 0 Å². The molecule has 0 radical (unpaired) electrons. The minimum Gasteiger partial charge on any atom is -0.0985 e. The lowest BCUT2D eigenvalue weighted by Gasteiger charge is -2.26. The van der Waals surface area contributed by atoms with E-state index in [-0.39, 0.29) is 5.41 Å². The molecule has 45 heavy (non-hydrogen) atoms. The van der Waals surface area contributed by atoms with Crippen molar-refractivity contribution in [3.63, 3.8) is 0 Å². The van der Waals surface area contributed by atoms with E-state index in [4.69, 9.17) is 0 Å². The van der Waals surface area contributed by atoms with Crippen LogP contribution in [0.1, 0.15) is 36.1 Å². The van der Waals surface area contributed by atoms with Gasteiger partial charge in [-0.1, -0.05) is 142 Å². The van der Waals surface area contributed by atoms with Gasteiger partial charge in [-0.05, 0) is 117 Å². The van der Waals surface area contributed by atoms with Crippen LogP contribution in [0.15, 0.2) is 134 Å². The van der Waals surface area contributed by atoms with Gasteiger partial charge in [0, 0.05) is 5.41 Å². The summed E-state index contributed by atoms with van der Waals surface area (Å²) in [6.07, 6.45) is 3.88. The van der Waals surface area contributed by atoms with Gasteiger partial charge in [0.1, 0.15) is 0 Å². The smallest absolute Gasteiger partial charge is 0.0165 e. The van der Waals surface area contributed by atoms with Crippen LogP contribution in [-0.4, -0.2) is 0 Å². The molecule has 0 spiro atoms. The van der Waals surface area contributed by atoms with Crippen LogP contribution in [0.25, 0.3) is 88.6 Å². The summed E-state index contributed by atoms with van der Waals surface area (Å²) in [6, 6.07) is 45.2. The quantitative estimate of drug-likeness (QED) is 0.184. The van der Waals surface area contributed by atoms with Crippen LogP contribution >= 0.6 is 0 Å². The maximum atomic E-state index is 4.11. The predicted octanol–water partition coefficient (Wildman–Crippen LogP) is 12.7. The van der Waals surface area contributed by atoms with Crippen LogP contribution in [-0.2, 0) is 5.41 Å². The van der Waals surface area contributed by atoms with E-state index in [0.717, 1.165) is 5.56 Å². The van der Waals surface area contributed by atoms with Crippen LogP contribution in [0.3, 0.4) is 0 Å². The van der Waals surface area contributed by atoms with Crippen molar-refractivity contribution < 1.29 is 0 Å². The molecule has 8 aromatic carbocycles. The second-order valence-electron chi connectivity index (χ2n) is 13.0. The second-order valence-corrected chi connectivity index (χ2v) is 13.0. The van der Waals surface area contributed by atoms with Crippen molar-refractivity contribution in [3.8, 4) is 33.4 Å². The first-order valence-corrected chi connectivity index (χ1v) is 15.8. The van der Waals surface area contributed by atoms with E-state index < -0.39 is 0 Å². The molecule has 0 aromatic heterocycles. The van der Waals surface area contributed by atoms with Crippen LogP contribution in [0.5, 0.6) is 0 Å². The summed E-state index contributed by atoms with van der Waals surface area (Å²) in [6.45, 7) is 12.9. The number of fused-ring (bicyclic) bond motifs is 6. The Labute approximate surface area is 263 Å². The first kappa shape index (κ1) is 26.0. The van der Waals surface area contributed by atoms with Crippen LogP contribution in [0.2, 0.25) is 0 Å². The van der Waals surface area contributed by atoms with Crippen molar-refractivity contribution in [3.05, 3.63) is 157 Å². The summed E-state index contributed by atoms with van der Waals surface area (Å²) in [5.41, 5.74) is 12.7. The van der Waals surface area contributed by atoms with E-state index in [2.05, 4.69) is 148 Å². The largest absolute Gasteiger partial charge is 0.0985 e. The van der Waals surface area contributed by atoms with Gasteiger partial charge in [-0.3, -0.25) is 0 Å². The number of rotatable bonds is 4. The molecule has 0 amide bonds. The van der Waals surface area contributed by atoms with Crippen molar-refractivity contribution in [1.82, 2.24) is 0 Å². The molecule has 0 unspecified atom stereocenters. The van der Waals surface area contributed by atoms with Crippen molar-refractivity contribution in [2.24, 2.45) is 0 Å². The van der Waals surface area contributed by atoms with Gasteiger partial charge in [0.05, 0.1) is 0 Å². The molecular weight excluding hydrogens is 540 g/mol. The molecule has 212 valence electrons. The van der Waals surface area contributed by atoms with Gasteiger partial charge in [-0.2, -0.15) is 0 Å². The minimum atomic E-state index is -0.149. The zero-order valence-corrected chi connectivity index (χ0v) is 25.6. The number of hydrogen-bond donors (Lipinski definition) is 0. The van der Waals surface area contributed by atoms with Gasteiger partial charge in [0.15, 0.2) is 0 Å². The Morgan fingerprint density at radius 2 is 1.20 bits per heavy atom. The van der Waals surface area contributed by atoms with Gasteiger partial charge in [-0.25, -0.2) is 0 Å². The molecule has 8 aromatic rings. The predicted molar refractivity (Wildman–Crippen MR) is 196 cm³/mol. The van der Waals surface area contributed by atoms with Gasteiger partial charge >= 0.3 is 0 Å². The Morgan fingerprint density at radius 1 is 0.511 bits per heavy atom. The summed E-state index contributed by atoms with van der Waals surface area (Å²) in [5, 5.41) is 10.6. The summed E-state index contributed by atoms with van der Waals surface area (Å²) >= 11 is 0. The van der Waals surface area contributed by atoms with Gasteiger partial charge < -0.3 is 0 Å². The monoisotopic (exact) mass is 572 g/mol. The third-order valence-electron chi connectivity index (χ3n) is 10.3. The standard InChI is InChI=1S/C45H32/c1-5-27-20-22-29(23-21-27)32-15-7-8-16-33(32)38-25-31-14-10-19-36-41(31)42-34(38)17-11-18-35(42)43-39-24-30-13-9-12-28(6-2)37(30)26-40(39)45(3,4)44(36)43/h5-26H,1-2H2,3-4H3. The molecule has 0 saturated carbocycles. The first-order valence-electron chi connectivity index (χ1n) is 15.8. The molecule has 0 saturated heterocycles. The maximum Gasteiger partial charge on any atom is 0.0165 e. The van der Waals surface area contributed by atoms with E-state index in [9.17, 15) is 0 Å². The Kier molecular flexibility index (Phi) is 5.35. The third kappa shape index (κ3) is 3.48. The van der Waals surface area contributed by atoms with E-state index in [1.54, 1.807) is 0 Å². The molecule has 0 nitrogen and oxygen atoms in total. The van der Waals surface area contributed by atoms with Crippen LogP contribution in [0, 0.1) is 0 Å². The first-order chi connectivity index (χ1) is 22.0. The number of hydrogen-bond acceptors (Lipinski definition) is 0. The second kappa shape index (κ2) is 9.27. The molecule has 1 aliphatic carbocycles. The summed E-state index contributed by atoms with van der Waals surface area (Å²) in [5.74, 6) is 0. The topological polar surface area (TPSA) is 0 Å². The van der Waals surface area contributed by atoms with E-state index in [0.29, 0.717) is 0 Å². The van der Waals surface area contributed by atoms with E-state index in [1.807, 2.05) is 12.2 Å². The van der Waals surface area contributed by atoms with Gasteiger partial charge in [-0.15, -0.1) is 0 Å². The highest BCUT2D eigenvalue weighted by Crippen LogP contribution is 2.57. The number of benzene rings is 8. The molecule has 1 aliphatic rings. The molecule has 0 aliphatic heterocycles. The minimum absolute atomic E-state index is 0.149. The SMILES string of the molecule is C=Cc1ccc(-c2ccccc2-c2cc3cccc4c5c(c6cccc2c6c34)-c2cc3cccc(C=C)c3cc2C5(C)C)cc1. The van der Waals surface area contributed by atoms with Crippen molar-refractivity contribution in [2.45, 2.75) is 19.3 Å². The maximum absolute atomic E-state index is 4.11. The van der Waals surface area contributed by atoms with Crippen LogP contribution < -0.4 is 0 Å². The Morgan fingerprint density at radius 3 is 2.00 bits per heavy atom. The average Bonchev–Trinajstić information content (AvgIpc) is 3.32. The zero-order chi connectivity index (χ0) is 30.4. The molecule has 0 fully saturated rings. The molecule has 9 rings (SSSR count). The van der Waals surface area contributed by atoms with Crippen molar-refractivity contribution in [1.29, 1.82) is 0 Å². The lowest BCUT2D eigenvalue weighted by Crippen LogP contribution is -2.15. The summed E-state index contributed by atoms with van der Waals surface area (Å²) < 4.78 is 0. The fourth-order valence-electron chi connectivity index (χ4n) is 8.24. The lowest BCUT2D eigenvalue weighted by atomic mass is 9.77. The lowest BCUT2D eigenvalue weighted by molar-refractivity contribution is 0.667.